The lowest BCUT2D eigenvalue weighted by molar-refractivity contribution is -0.150. The summed E-state index contributed by atoms with van der Waals surface area (Å²) < 4.78 is 19.0. The molecule has 3 aliphatic rings. The van der Waals surface area contributed by atoms with Crippen molar-refractivity contribution < 1.29 is 18.7 Å². The van der Waals surface area contributed by atoms with Crippen molar-refractivity contribution >= 4 is 33.5 Å². The fourth-order valence-electron chi connectivity index (χ4n) is 4.61. The van der Waals surface area contributed by atoms with Crippen LogP contribution >= 0.6 is 15.9 Å². The van der Waals surface area contributed by atoms with Crippen molar-refractivity contribution in [1.82, 2.24) is 0 Å². The number of esters is 1. The third-order valence-electron chi connectivity index (χ3n) is 5.80. The number of ether oxygens (including phenoxy) is 1. The normalized spacial score (nSPS) is 31.3. The Bertz CT molecular complexity index is 759. The van der Waals surface area contributed by atoms with Crippen LogP contribution in [0.2, 0.25) is 0 Å². The molecule has 0 unspecified atom stereocenters. The maximum atomic E-state index is 13.7. The van der Waals surface area contributed by atoms with Crippen LogP contribution in [0.25, 0.3) is 0 Å². The zero-order valence-corrected chi connectivity index (χ0v) is 14.7. The summed E-state index contributed by atoms with van der Waals surface area (Å²) in [6.45, 7) is 0. The second-order valence-corrected chi connectivity index (χ2v) is 7.72. The van der Waals surface area contributed by atoms with Gasteiger partial charge in [0.2, 0.25) is 5.91 Å². The molecule has 1 aromatic rings. The average Bonchev–Trinajstić information content (AvgIpc) is 3.23. The van der Waals surface area contributed by atoms with Crippen molar-refractivity contribution in [2.45, 2.75) is 12.8 Å². The van der Waals surface area contributed by atoms with Crippen LogP contribution in [0.3, 0.4) is 0 Å². The smallest absolute Gasteiger partial charge is 0.310 e. The Balaban J connectivity index is 1.61. The van der Waals surface area contributed by atoms with E-state index < -0.39 is 17.7 Å². The zero-order chi connectivity index (χ0) is 17.1. The van der Waals surface area contributed by atoms with Gasteiger partial charge in [0.15, 0.2) is 0 Å². The Kier molecular flexibility index (Phi) is 3.56. The van der Waals surface area contributed by atoms with Gasteiger partial charge in [-0.05, 0) is 64.2 Å². The molecule has 3 aliphatic carbocycles. The van der Waals surface area contributed by atoms with Crippen molar-refractivity contribution in [3.8, 4) is 0 Å². The monoisotopic (exact) mass is 393 g/mol. The van der Waals surface area contributed by atoms with Crippen LogP contribution < -0.4 is 5.32 Å². The summed E-state index contributed by atoms with van der Waals surface area (Å²) in [5.41, 5.74) is 0.451. The molecule has 4 atom stereocenters. The minimum absolute atomic E-state index is 0.0613. The van der Waals surface area contributed by atoms with E-state index in [9.17, 15) is 14.0 Å². The zero-order valence-electron chi connectivity index (χ0n) is 13.1. The highest BCUT2D eigenvalue weighted by Gasteiger charge is 2.70. The van der Waals surface area contributed by atoms with Crippen molar-refractivity contribution in [2.24, 2.45) is 29.1 Å². The summed E-state index contributed by atoms with van der Waals surface area (Å²) in [7, 11) is 1.36. The van der Waals surface area contributed by atoms with Crippen LogP contribution in [0.1, 0.15) is 12.8 Å². The number of halogens is 2. The molecule has 2 saturated carbocycles. The van der Waals surface area contributed by atoms with E-state index in [0.29, 0.717) is 10.2 Å². The maximum absolute atomic E-state index is 13.7. The van der Waals surface area contributed by atoms with E-state index in [2.05, 4.69) is 33.4 Å². The second-order valence-electron chi connectivity index (χ2n) is 6.86. The van der Waals surface area contributed by atoms with Crippen LogP contribution in [0.15, 0.2) is 34.8 Å². The van der Waals surface area contributed by atoms with Gasteiger partial charge in [-0.3, -0.25) is 9.59 Å². The molecule has 126 valence electrons. The molecule has 4 nitrogen and oxygen atoms in total. The van der Waals surface area contributed by atoms with Crippen molar-refractivity contribution in [2.75, 3.05) is 12.4 Å². The number of allylic oxidation sites excluding steroid dienone is 2. The minimum Gasteiger partial charge on any atom is -0.469 e. The lowest BCUT2D eigenvalue weighted by atomic mass is 9.82. The largest absolute Gasteiger partial charge is 0.469 e. The molecule has 0 aromatic heterocycles. The molecule has 6 heteroatoms. The van der Waals surface area contributed by atoms with Crippen LogP contribution in [0.5, 0.6) is 0 Å². The van der Waals surface area contributed by atoms with Gasteiger partial charge in [-0.1, -0.05) is 12.2 Å². The Morgan fingerprint density at radius 1 is 1.25 bits per heavy atom. The van der Waals surface area contributed by atoms with Gasteiger partial charge in [0, 0.05) is 5.69 Å². The van der Waals surface area contributed by atoms with Crippen LogP contribution in [0.4, 0.5) is 10.1 Å². The highest BCUT2D eigenvalue weighted by molar-refractivity contribution is 9.10. The van der Waals surface area contributed by atoms with Gasteiger partial charge in [-0.2, -0.15) is 0 Å². The summed E-state index contributed by atoms with van der Waals surface area (Å²) in [5.74, 6) is -1.78. The number of amides is 1. The third-order valence-corrected chi connectivity index (χ3v) is 6.45. The first kappa shape index (κ1) is 15.8. The van der Waals surface area contributed by atoms with Gasteiger partial charge in [-0.15, -0.1) is 0 Å². The molecule has 1 spiro atoms. The molecule has 0 saturated heterocycles. The Morgan fingerprint density at radius 3 is 2.50 bits per heavy atom. The number of methoxy groups -OCH3 is 1. The molecule has 0 aliphatic heterocycles. The van der Waals surface area contributed by atoms with Crippen molar-refractivity contribution in [1.29, 1.82) is 0 Å². The van der Waals surface area contributed by atoms with E-state index >= 15 is 0 Å². The van der Waals surface area contributed by atoms with E-state index in [4.69, 9.17) is 4.74 Å². The van der Waals surface area contributed by atoms with Crippen LogP contribution in [0, 0.1) is 34.9 Å². The number of benzene rings is 1. The molecular formula is C18H17BrFNO3. The molecule has 24 heavy (non-hydrogen) atoms. The number of carbonyl (C=O) groups excluding carboxylic acids is 2. The maximum Gasteiger partial charge on any atom is 0.310 e. The van der Waals surface area contributed by atoms with Crippen LogP contribution in [-0.4, -0.2) is 19.0 Å². The molecule has 1 amide bonds. The average molecular weight is 394 g/mol. The van der Waals surface area contributed by atoms with E-state index in [1.165, 1.54) is 13.2 Å². The van der Waals surface area contributed by atoms with E-state index in [1.807, 2.05) is 0 Å². The first-order valence-corrected chi connectivity index (χ1v) is 8.79. The van der Waals surface area contributed by atoms with E-state index in [1.54, 1.807) is 12.1 Å². The summed E-state index contributed by atoms with van der Waals surface area (Å²) in [6, 6.07) is 4.45. The van der Waals surface area contributed by atoms with E-state index in [0.717, 1.165) is 12.8 Å². The highest BCUT2D eigenvalue weighted by atomic mass is 79.9. The fraction of sp³-hybridized carbons (Fsp3) is 0.444. The topological polar surface area (TPSA) is 55.4 Å². The van der Waals surface area contributed by atoms with Gasteiger partial charge in [0.05, 0.1) is 23.4 Å². The predicted molar refractivity (Wildman–Crippen MR) is 89.5 cm³/mol. The number of hydrogen-bond donors (Lipinski definition) is 1. The summed E-state index contributed by atoms with van der Waals surface area (Å²) in [4.78, 5) is 25.1. The van der Waals surface area contributed by atoms with Gasteiger partial charge < -0.3 is 10.1 Å². The molecule has 1 N–H and O–H groups in total. The molecule has 1 aromatic carbocycles. The first-order valence-electron chi connectivity index (χ1n) is 8.00. The quantitative estimate of drug-likeness (QED) is 0.631. The number of nitrogens with one attached hydrogen (secondary N) is 1. The molecule has 4 rings (SSSR count). The van der Waals surface area contributed by atoms with Crippen molar-refractivity contribution in [3.05, 3.63) is 40.6 Å². The number of rotatable bonds is 3. The standard InChI is InChI=1S/C18H17BrFNO3/c1-24-17(23)15-11-4-3-10(18(11)6-7-18)14(15)16(22)21-9-2-5-12(19)13(20)8-9/h2-5,8,10-11,14-15H,6-7H2,1H3,(H,21,22)/t10-,11+,14+,15+/m0/s1. The van der Waals surface area contributed by atoms with E-state index in [-0.39, 0.29) is 29.1 Å². The van der Waals surface area contributed by atoms with Gasteiger partial charge >= 0.3 is 5.97 Å². The molecule has 2 fully saturated rings. The lowest BCUT2D eigenvalue weighted by Gasteiger charge is -2.25. The summed E-state index contributed by atoms with van der Waals surface area (Å²) in [5, 5.41) is 2.77. The second kappa shape index (κ2) is 5.41. The summed E-state index contributed by atoms with van der Waals surface area (Å²) >= 11 is 3.09. The molecule has 2 bridgehead atoms. The van der Waals surface area contributed by atoms with Crippen molar-refractivity contribution in [3.63, 3.8) is 0 Å². The lowest BCUT2D eigenvalue weighted by Crippen LogP contribution is -2.37. The predicted octanol–water partition coefficient (Wildman–Crippen LogP) is 3.53. The van der Waals surface area contributed by atoms with Crippen LogP contribution in [-0.2, 0) is 14.3 Å². The van der Waals surface area contributed by atoms with Gasteiger partial charge in [0.1, 0.15) is 5.82 Å². The molecule has 0 radical (unpaired) electrons. The van der Waals surface area contributed by atoms with Gasteiger partial charge in [-0.25, -0.2) is 4.39 Å². The SMILES string of the molecule is COC(=O)[C@H]1[C@H](C(=O)Nc2ccc(Br)c(F)c2)[C@@H]2C=C[C@H]1C21CC1. The minimum atomic E-state index is -0.457. The summed E-state index contributed by atoms with van der Waals surface area (Å²) in [6.07, 6.45) is 6.23. The number of hydrogen-bond acceptors (Lipinski definition) is 3. The fourth-order valence-corrected chi connectivity index (χ4v) is 4.86. The van der Waals surface area contributed by atoms with Gasteiger partial charge in [0.25, 0.3) is 0 Å². The Labute approximate surface area is 147 Å². The Morgan fingerprint density at radius 2 is 1.92 bits per heavy atom. The number of anilines is 1. The number of carbonyl (C=O) groups is 2. The highest BCUT2D eigenvalue weighted by Crippen LogP contribution is 2.72. The Hall–Kier alpha value is -1.69. The first-order chi connectivity index (χ1) is 11.5. The molecular weight excluding hydrogens is 377 g/mol. The molecule has 0 heterocycles. The third kappa shape index (κ3) is 2.15.